The van der Waals surface area contributed by atoms with Crippen LogP contribution in [0.4, 0.5) is 0 Å². The van der Waals surface area contributed by atoms with E-state index in [9.17, 15) is 0 Å². The highest BCUT2D eigenvalue weighted by Crippen LogP contribution is 2.41. The number of thiophene rings is 1. The van der Waals surface area contributed by atoms with Crippen molar-refractivity contribution in [2.24, 2.45) is 5.92 Å². The molecule has 1 fully saturated rings. The Morgan fingerprint density at radius 2 is 1.66 bits per heavy atom. The van der Waals surface area contributed by atoms with Crippen molar-refractivity contribution < 1.29 is 0 Å². The predicted octanol–water partition coefficient (Wildman–Crippen LogP) is 8.08. The van der Waals surface area contributed by atoms with Gasteiger partial charge in [0.1, 0.15) is 0 Å². The summed E-state index contributed by atoms with van der Waals surface area (Å²) in [5, 5.41) is 18.0. The van der Waals surface area contributed by atoms with Crippen LogP contribution in [0.15, 0.2) is 78.3 Å². The van der Waals surface area contributed by atoms with Gasteiger partial charge in [-0.05, 0) is 105 Å². The topological polar surface area (TPSA) is 52.8 Å². The van der Waals surface area contributed by atoms with Crippen LogP contribution in [0.3, 0.4) is 0 Å². The summed E-state index contributed by atoms with van der Waals surface area (Å²) in [6.45, 7) is 8.85. The molecule has 1 saturated carbocycles. The first-order valence-corrected chi connectivity index (χ1v) is 16.3. The molecule has 0 spiro atoms. The van der Waals surface area contributed by atoms with Crippen LogP contribution in [0.2, 0.25) is 0 Å². The molecule has 5 heteroatoms. The third kappa shape index (κ3) is 7.85. The molecule has 1 aliphatic rings. The number of hydrogen-bond donors (Lipinski definition) is 3. The Morgan fingerprint density at radius 3 is 2.39 bits per heavy atom. The van der Waals surface area contributed by atoms with Crippen molar-refractivity contribution in [1.82, 2.24) is 15.2 Å². The van der Waals surface area contributed by atoms with Crippen LogP contribution in [0.1, 0.15) is 79.4 Å². The molecule has 0 saturated heterocycles. The number of nitrogens with one attached hydrogen (secondary N) is 3. The summed E-state index contributed by atoms with van der Waals surface area (Å²) < 4.78 is 2.55. The first-order chi connectivity index (χ1) is 20.1. The van der Waals surface area contributed by atoms with Gasteiger partial charge >= 0.3 is 0 Å². The fourth-order valence-corrected chi connectivity index (χ4v) is 7.33. The van der Waals surface area contributed by atoms with Crippen molar-refractivity contribution in [3.63, 3.8) is 0 Å². The van der Waals surface area contributed by atoms with Crippen molar-refractivity contribution >= 4 is 17.6 Å². The highest BCUT2D eigenvalue weighted by molar-refractivity contribution is 7.13. The molecule has 216 valence electrons. The molecule has 0 radical (unpaired) electrons. The summed E-state index contributed by atoms with van der Waals surface area (Å²) in [6.07, 6.45) is 10.9. The number of benzene rings is 2. The predicted molar refractivity (Wildman–Crippen MR) is 176 cm³/mol. The number of aromatic nitrogens is 1. The van der Waals surface area contributed by atoms with E-state index in [0.717, 1.165) is 50.5 Å². The Morgan fingerprint density at radius 1 is 0.927 bits per heavy atom. The minimum Gasteiger partial charge on any atom is -0.347 e. The third-order valence-electron chi connectivity index (χ3n) is 8.45. The van der Waals surface area contributed by atoms with Crippen LogP contribution in [0.5, 0.6) is 0 Å². The van der Waals surface area contributed by atoms with E-state index in [0.29, 0.717) is 12.0 Å². The molecule has 41 heavy (non-hydrogen) atoms. The van der Waals surface area contributed by atoms with Gasteiger partial charge in [0, 0.05) is 40.2 Å². The van der Waals surface area contributed by atoms with E-state index >= 15 is 0 Å². The minimum atomic E-state index is 0.385. The van der Waals surface area contributed by atoms with Gasteiger partial charge in [0.15, 0.2) is 0 Å². The summed E-state index contributed by atoms with van der Waals surface area (Å²) >= 11 is 1.82. The Labute approximate surface area is 250 Å². The van der Waals surface area contributed by atoms with Crippen molar-refractivity contribution in [3.8, 4) is 10.4 Å². The van der Waals surface area contributed by atoms with Gasteiger partial charge in [-0.15, -0.1) is 11.3 Å². The van der Waals surface area contributed by atoms with Crippen LogP contribution >= 0.6 is 11.3 Å². The molecule has 0 amide bonds. The summed E-state index contributed by atoms with van der Waals surface area (Å²) in [5.74, 6) is 1.11. The van der Waals surface area contributed by atoms with Gasteiger partial charge in [-0.25, -0.2) is 0 Å². The Hall–Kier alpha value is -2.99. The Bertz CT molecular complexity index is 1360. The molecular formula is C36H46N4S. The lowest BCUT2D eigenvalue weighted by molar-refractivity contribution is 0.439. The molecule has 0 bridgehead atoms. The summed E-state index contributed by atoms with van der Waals surface area (Å²) in [6, 6.07) is 24.3. The monoisotopic (exact) mass is 566 g/mol. The highest BCUT2D eigenvalue weighted by Gasteiger charge is 2.29. The lowest BCUT2D eigenvalue weighted by Crippen LogP contribution is -2.26. The number of rotatable bonds is 15. The zero-order valence-electron chi connectivity index (χ0n) is 24.7. The second-order valence-corrected chi connectivity index (χ2v) is 12.8. The van der Waals surface area contributed by atoms with Crippen LogP contribution in [0, 0.1) is 11.3 Å². The highest BCUT2D eigenvalue weighted by atomic mass is 32.1. The summed E-state index contributed by atoms with van der Waals surface area (Å²) in [4.78, 5) is 1.28. The molecule has 4 nitrogen and oxygen atoms in total. The molecule has 4 aromatic rings. The Kier molecular flexibility index (Phi) is 10.6. The first kappa shape index (κ1) is 29.5. The van der Waals surface area contributed by atoms with Crippen LogP contribution in [0.25, 0.3) is 10.4 Å². The second kappa shape index (κ2) is 14.8. The smallest absolute Gasteiger partial charge is 0.0367 e. The maximum Gasteiger partial charge on any atom is 0.0367 e. The van der Waals surface area contributed by atoms with Gasteiger partial charge in [-0.1, -0.05) is 74.5 Å². The molecule has 2 heterocycles. The summed E-state index contributed by atoms with van der Waals surface area (Å²) in [7, 11) is 0. The molecule has 1 aliphatic carbocycles. The molecule has 2 aromatic carbocycles. The quantitative estimate of drug-likeness (QED) is 0.101. The minimum absolute atomic E-state index is 0.385. The van der Waals surface area contributed by atoms with Crippen molar-refractivity contribution in [3.05, 3.63) is 106 Å². The van der Waals surface area contributed by atoms with E-state index in [1.807, 2.05) is 11.3 Å². The van der Waals surface area contributed by atoms with Gasteiger partial charge in [-0.3, -0.25) is 0 Å². The number of hydrogen-bond acceptors (Lipinski definition) is 4. The van der Waals surface area contributed by atoms with Crippen LogP contribution < -0.4 is 10.6 Å². The van der Waals surface area contributed by atoms with E-state index in [-0.39, 0.29) is 0 Å². The zero-order chi connectivity index (χ0) is 28.4. The molecule has 3 N–H and O–H groups in total. The first-order valence-electron chi connectivity index (χ1n) is 15.4. The third-order valence-corrected chi connectivity index (χ3v) is 9.47. The van der Waals surface area contributed by atoms with Crippen LogP contribution in [-0.2, 0) is 12.8 Å². The van der Waals surface area contributed by atoms with Gasteiger partial charge < -0.3 is 20.6 Å². The van der Waals surface area contributed by atoms with Crippen molar-refractivity contribution in [2.45, 2.75) is 64.3 Å². The molecule has 0 aliphatic heterocycles. The van der Waals surface area contributed by atoms with E-state index in [1.165, 1.54) is 58.5 Å². The fourth-order valence-electron chi connectivity index (χ4n) is 6.39. The number of nitrogens with zero attached hydrogens (tertiary/aromatic N) is 1. The van der Waals surface area contributed by atoms with Crippen molar-refractivity contribution in [1.29, 1.82) is 5.41 Å². The fraction of sp³-hybridized carbons (Fsp3) is 0.417. The maximum absolute atomic E-state index is 8.35. The average molecular weight is 567 g/mol. The SMILES string of the molecule is CC(C)c1c(C=N)c(-c2cc(Cc3ccccc3)cs2)cn1C1CCC(CNCCCNCCc2ccccc2)C1. The maximum atomic E-state index is 8.35. The molecular weight excluding hydrogens is 520 g/mol. The molecule has 2 aromatic heterocycles. The second-order valence-electron chi connectivity index (χ2n) is 11.9. The zero-order valence-corrected chi connectivity index (χ0v) is 25.6. The van der Waals surface area contributed by atoms with Gasteiger partial charge in [0.05, 0.1) is 0 Å². The van der Waals surface area contributed by atoms with E-state index in [1.54, 1.807) is 6.21 Å². The lowest BCUT2D eigenvalue weighted by Gasteiger charge is -2.20. The normalized spacial score (nSPS) is 17.0. The van der Waals surface area contributed by atoms with Gasteiger partial charge in [0.2, 0.25) is 0 Å². The van der Waals surface area contributed by atoms with E-state index in [4.69, 9.17) is 5.41 Å². The summed E-state index contributed by atoms with van der Waals surface area (Å²) in [5.41, 5.74) is 7.76. The molecule has 2 unspecified atom stereocenters. The van der Waals surface area contributed by atoms with Crippen LogP contribution in [-0.4, -0.2) is 37.0 Å². The van der Waals surface area contributed by atoms with E-state index in [2.05, 4.69) is 107 Å². The lowest BCUT2D eigenvalue weighted by atomic mass is 10.0. The Balaban J connectivity index is 1.13. The van der Waals surface area contributed by atoms with Gasteiger partial charge in [-0.2, -0.15) is 0 Å². The largest absolute Gasteiger partial charge is 0.347 e. The molecule has 2 atom stereocenters. The van der Waals surface area contributed by atoms with Gasteiger partial charge in [0.25, 0.3) is 0 Å². The van der Waals surface area contributed by atoms with Crippen molar-refractivity contribution in [2.75, 3.05) is 26.2 Å². The molecule has 5 rings (SSSR count). The average Bonchev–Trinajstić information content (AvgIpc) is 3.74. The van der Waals surface area contributed by atoms with E-state index < -0.39 is 0 Å². The standard InChI is InChI=1S/C36H46N4S/c1-27(2)36-33(23-37)34(35-22-31(26-41-35)20-29-12-7-4-8-13-29)25-40(36)32-15-14-30(21-32)24-39-18-9-17-38-19-16-28-10-5-3-6-11-28/h3-8,10-13,22-23,25-27,30,32,37-39H,9,14-21,24H2,1-2H3.